The fourth-order valence-electron chi connectivity index (χ4n) is 7.41. The van der Waals surface area contributed by atoms with Gasteiger partial charge in [0.2, 0.25) is 17.8 Å². The van der Waals surface area contributed by atoms with Crippen LogP contribution in [-0.2, 0) is 32.3 Å². The maximum Gasteiger partial charge on any atom is 0.262 e. The average Bonchev–Trinajstić information content (AvgIpc) is 3.47. The number of hydrogen-bond acceptors (Lipinski definition) is 13. The number of imide groups is 2. The van der Waals surface area contributed by atoms with Crippen molar-refractivity contribution in [2.24, 2.45) is 0 Å². The Balaban J connectivity index is 0.807. The number of hydrogen-bond donors (Lipinski definition) is 2. The van der Waals surface area contributed by atoms with Crippen LogP contribution in [0.25, 0.3) is 11.3 Å². The monoisotopic (exact) mass is 787 g/mol. The van der Waals surface area contributed by atoms with Crippen LogP contribution in [0.4, 0.5) is 11.6 Å². The lowest BCUT2D eigenvalue weighted by atomic mass is 10.0. The van der Waals surface area contributed by atoms with E-state index in [9.17, 15) is 19.2 Å². The molecule has 8 rings (SSSR count). The van der Waals surface area contributed by atoms with Gasteiger partial charge >= 0.3 is 0 Å². The molecule has 0 spiro atoms. The van der Waals surface area contributed by atoms with E-state index in [1.807, 2.05) is 54.6 Å². The third kappa shape index (κ3) is 9.24. The Labute approximate surface area is 335 Å². The molecular formula is C43H45N7O8. The van der Waals surface area contributed by atoms with Crippen molar-refractivity contribution in [2.75, 3.05) is 71.0 Å². The number of rotatable bonds is 9. The van der Waals surface area contributed by atoms with Gasteiger partial charge in [0.1, 0.15) is 30.8 Å². The summed E-state index contributed by atoms with van der Waals surface area (Å²) in [7, 11) is 0. The Kier molecular flexibility index (Phi) is 12.1. The molecule has 2 N–H and O–H groups in total. The smallest absolute Gasteiger partial charge is 0.262 e. The Morgan fingerprint density at radius 3 is 2.31 bits per heavy atom. The SMILES string of the molecule is O=C1CCC(N2C(=O)c3ccc(OCCN4CCN(CCOc5ccc6cc5COC/C=C/COCc5cccc(c5)-c5ccnc(n5)N6)CC4)cc3C2=O)C(=O)N1. The highest BCUT2D eigenvalue weighted by molar-refractivity contribution is 6.23. The van der Waals surface area contributed by atoms with Crippen LogP contribution in [0.1, 0.15) is 44.7 Å². The summed E-state index contributed by atoms with van der Waals surface area (Å²) < 4.78 is 24.2. The van der Waals surface area contributed by atoms with Crippen LogP contribution in [-0.4, -0.2) is 120 Å². The van der Waals surface area contributed by atoms with Crippen molar-refractivity contribution < 1.29 is 38.1 Å². The fraction of sp³-hybridized carbons (Fsp3) is 0.349. The highest BCUT2D eigenvalue weighted by Gasteiger charge is 2.44. The fourth-order valence-corrected chi connectivity index (χ4v) is 7.41. The Bertz CT molecular complexity index is 2200. The van der Waals surface area contributed by atoms with Gasteiger partial charge in [-0.3, -0.25) is 39.2 Å². The van der Waals surface area contributed by atoms with Crippen LogP contribution in [0.2, 0.25) is 0 Å². The quantitative estimate of drug-likeness (QED) is 0.185. The molecule has 4 aliphatic rings. The maximum absolute atomic E-state index is 13.2. The van der Waals surface area contributed by atoms with E-state index in [0.29, 0.717) is 57.9 Å². The topological polar surface area (TPSA) is 165 Å². The Morgan fingerprint density at radius 2 is 1.52 bits per heavy atom. The first kappa shape index (κ1) is 38.9. The van der Waals surface area contributed by atoms with Crippen LogP contribution in [0.5, 0.6) is 11.5 Å². The van der Waals surface area contributed by atoms with Gasteiger partial charge in [0.25, 0.3) is 11.8 Å². The van der Waals surface area contributed by atoms with Gasteiger partial charge in [0.15, 0.2) is 0 Å². The summed E-state index contributed by atoms with van der Waals surface area (Å²) in [5, 5.41) is 5.56. The standard InChI is InChI=1S/C43H45N7O8/c51-39-11-9-37(40(52)47-39)50-41(53)34-8-7-33(26-35(34)42(50)54)57-22-18-48-14-16-49(17-15-48)19-23-58-38-10-6-32-25-31(38)28-56-21-2-1-20-55-27-29-4-3-5-30(24-29)36-12-13-44-43(45-32)46-36/h1-8,10,12-13,24-26,37H,9,11,14-23,27-28H2,(H,44,45,46)(H,47,51,52)/b2-1+. The number of piperazine rings is 1. The molecule has 1 unspecified atom stereocenters. The molecule has 2 saturated heterocycles. The average molecular weight is 788 g/mol. The van der Waals surface area contributed by atoms with Crippen molar-refractivity contribution >= 4 is 35.3 Å². The molecule has 3 aromatic carbocycles. The first-order valence-corrected chi connectivity index (χ1v) is 19.6. The van der Waals surface area contributed by atoms with Crippen molar-refractivity contribution in [1.82, 2.24) is 30.0 Å². The lowest BCUT2D eigenvalue weighted by molar-refractivity contribution is -0.136. The number of piperidine rings is 1. The van der Waals surface area contributed by atoms with E-state index in [2.05, 4.69) is 31.5 Å². The minimum atomic E-state index is -1.00. The second kappa shape index (κ2) is 18.1. The van der Waals surface area contributed by atoms with E-state index in [0.717, 1.165) is 71.4 Å². The summed E-state index contributed by atoms with van der Waals surface area (Å²) >= 11 is 0. The second-order valence-corrected chi connectivity index (χ2v) is 14.4. The van der Waals surface area contributed by atoms with E-state index in [4.69, 9.17) is 23.9 Å². The van der Waals surface area contributed by atoms with Gasteiger partial charge in [-0.05, 0) is 60.5 Å². The zero-order chi connectivity index (χ0) is 39.8. The van der Waals surface area contributed by atoms with Gasteiger partial charge in [-0.15, -0.1) is 0 Å². The molecule has 5 heterocycles. The highest BCUT2D eigenvalue weighted by atomic mass is 16.5. The Morgan fingerprint density at radius 1 is 0.759 bits per heavy atom. The van der Waals surface area contributed by atoms with Crippen molar-refractivity contribution in [3.8, 4) is 22.8 Å². The number of nitrogens with one attached hydrogen (secondary N) is 2. The molecule has 0 aliphatic carbocycles. The summed E-state index contributed by atoms with van der Waals surface area (Å²) in [6.45, 7) is 7.69. The molecule has 300 valence electrons. The number of ether oxygens (including phenoxy) is 4. The van der Waals surface area contributed by atoms with E-state index in [1.54, 1.807) is 24.4 Å². The van der Waals surface area contributed by atoms with Gasteiger partial charge in [-0.1, -0.05) is 30.4 Å². The first-order valence-electron chi connectivity index (χ1n) is 19.6. The van der Waals surface area contributed by atoms with Crippen LogP contribution in [0.3, 0.4) is 0 Å². The molecule has 1 atom stereocenters. The third-order valence-electron chi connectivity index (χ3n) is 10.5. The molecule has 4 amide bonds. The van der Waals surface area contributed by atoms with Gasteiger partial charge < -0.3 is 24.3 Å². The van der Waals surface area contributed by atoms with Crippen molar-refractivity contribution in [3.63, 3.8) is 0 Å². The van der Waals surface area contributed by atoms with Crippen molar-refractivity contribution in [1.29, 1.82) is 0 Å². The minimum absolute atomic E-state index is 0.0726. The number of nitrogens with zero attached hydrogens (tertiary/aromatic N) is 5. The molecular weight excluding hydrogens is 743 g/mol. The third-order valence-corrected chi connectivity index (χ3v) is 10.5. The van der Waals surface area contributed by atoms with E-state index < -0.39 is 29.7 Å². The normalized spacial score (nSPS) is 19.7. The minimum Gasteiger partial charge on any atom is -0.492 e. The molecule has 15 heteroatoms. The molecule has 2 fully saturated rings. The van der Waals surface area contributed by atoms with Crippen molar-refractivity contribution in [3.05, 3.63) is 107 Å². The zero-order valence-corrected chi connectivity index (χ0v) is 32.1. The van der Waals surface area contributed by atoms with Crippen molar-refractivity contribution in [2.45, 2.75) is 32.1 Å². The molecule has 15 nitrogen and oxygen atoms in total. The van der Waals surface area contributed by atoms with Crippen LogP contribution < -0.4 is 20.1 Å². The Hall–Kier alpha value is -6.00. The lowest BCUT2D eigenvalue weighted by Crippen LogP contribution is -2.54. The van der Waals surface area contributed by atoms with E-state index in [1.165, 1.54) is 0 Å². The highest BCUT2D eigenvalue weighted by Crippen LogP contribution is 2.31. The molecule has 58 heavy (non-hydrogen) atoms. The molecule has 6 bridgehead atoms. The van der Waals surface area contributed by atoms with Gasteiger partial charge in [-0.25, -0.2) is 9.97 Å². The number of benzene rings is 3. The summed E-state index contributed by atoms with van der Waals surface area (Å²) in [6.07, 6.45) is 5.86. The van der Waals surface area contributed by atoms with Crippen LogP contribution in [0.15, 0.2) is 85.1 Å². The maximum atomic E-state index is 13.2. The second-order valence-electron chi connectivity index (χ2n) is 14.4. The van der Waals surface area contributed by atoms with E-state index in [-0.39, 0.29) is 24.0 Å². The number of fused-ring (bicyclic) bond motifs is 8. The number of anilines is 2. The predicted molar refractivity (Wildman–Crippen MR) is 213 cm³/mol. The summed E-state index contributed by atoms with van der Waals surface area (Å²) in [4.78, 5) is 65.0. The summed E-state index contributed by atoms with van der Waals surface area (Å²) in [5.74, 6) is -0.404. The lowest BCUT2D eigenvalue weighted by Gasteiger charge is -2.34. The summed E-state index contributed by atoms with van der Waals surface area (Å²) in [5.41, 5.74) is 5.05. The predicted octanol–water partition coefficient (Wildman–Crippen LogP) is 3.97. The molecule has 4 aliphatic heterocycles. The van der Waals surface area contributed by atoms with Crippen LogP contribution in [0, 0.1) is 0 Å². The molecule has 0 radical (unpaired) electrons. The largest absolute Gasteiger partial charge is 0.492 e. The summed E-state index contributed by atoms with van der Waals surface area (Å²) in [6, 6.07) is 19.8. The number of carbonyl (C=O) groups is 4. The molecule has 1 aromatic heterocycles. The molecule has 4 aromatic rings. The van der Waals surface area contributed by atoms with Gasteiger partial charge in [0.05, 0.1) is 43.2 Å². The molecule has 0 saturated carbocycles. The number of carbonyl (C=O) groups excluding carboxylic acids is 4. The number of aromatic nitrogens is 2. The van der Waals surface area contributed by atoms with Crippen LogP contribution >= 0.6 is 0 Å². The first-order chi connectivity index (χ1) is 28.4. The van der Waals surface area contributed by atoms with Gasteiger partial charge in [-0.2, -0.15) is 0 Å². The van der Waals surface area contributed by atoms with E-state index >= 15 is 0 Å². The zero-order valence-electron chi connectivity index (χ0n) is 32.1. The number of amides is 4. The van der Waals surface area contributed by atoms with Gasteiger partial charge in [0, 0.05) is 68.7 Å².